The van der Waals surface area contributed by atoms with Gasteiger partial charge in [-0.2, -0.15) is 0 Å². The number of carbonyl (C=O) groups excluding carboxylic acids is 3. The smallest absolute Gasteiger partial charge is 0.246 e. The third-order valence-corrected chi connectivity index (χ3v) is 9.30. The third kappa shape index (κ3) is 4.74. The minimum absolute atomic E-state index is 0.108. The second-order valence-electron chi connectivity index (χ2n) is 12.0. The normalized spacial score (nSPS) is 29.9. The number of likely N-dealkylation sites (tertiary alicyclic amines) is 1. The van der Waals surface area contributed by atoms with Crippen molar-refractivity contribution in [1.29, 1.82) is 0 Å². The molecule has 6 unspecified atom stereocenters. The number of amides is 3. The fourth-order valence-corrected chi connectivity index (χ4v) is 7.23. The van der Waals surface area contributed by atoms with E-state index in [4.69, 9.17) is 4.74 Å². The van der Waals surface area contributed by atoms with Crippen molar-refractivity contribution >= 4 is 23.4 Å². The maximum atomic E-state index is 14.3. The van der Waals surface area contributed by atoms with Crippen LogP contribution in [0.3, 0.4) is 0 Å². The molecule has 1 spiro atoms. The summed E-state index contributed by atoms with van der Waals surface area (Å²) >= 11 is 0. The molecule has 7 nitrogen and oxygen atoms in total. The van der Waals surface area contributed by atoms with Gasteiger partial charge in [0.15, 0.2) is 0 Å². The van der Waals surface area contributed by atoms with Crippen molar-refractivity contribution < 1.29 is 19.1 Å². The molecule has 1 aliphatic carbocycles. The highest BCUT2D eigenvalue weighted by Gasteiger charge is 2.73. The number of carbonyl (C=O) groups is 3. The number of rotatable bonds is 8. The molecule has 0 radical (unpaired) electrons. The summed E-state index contributed by atoms with van der Waals surface area (Å²) in [6.07, 6.45) is 10.0. The summed E-state index contributed by atoms with van der Waals surface area (Å²) < 4.78 is 6.52. The summed E-state index contributed by atoms with van der Waals surface area (Å²) in [4.78, 5) is 43.7. The Hall–Kier alpha value is -3.45. The van der Waals surface area contributed by atoms with Gasteiger partial charge in [-0.1, -0.05) is 79.4 Å². The van der Waals surface area contributed by atoms with Crippen molar-refractivity contribution in [2.24, 2.45) is 11.8 Å². The predicted molar refractivity (Wildman–Crippen MR) is 153 cm³/mol. The zero-order chi connectivity index (χ0) is 27.9. The summed E-state index contributed by atoms with van der Waals surface area (Å²) in [5, 5.41) is 6.27. The Labute approximate surface area is 236 Å². The molecule has 3 heterocycles. The van der Waals surface area contributed by atoms with Gasteiger partial charge in [-0.3, -0.25) is 14.4 Å². The van der Waals surface area contributed by atoms with Crippen molar-refractivity contribution in [3.05, 3.63) is 77.9 Å². The van der Waals surface area contributed by atoms with Gasteiger partial charge in [0.05, 0.1) is 17.9 Å². The van der Waals surface area contributed by atoms with Crippen LogP contribution in [0.1, 0.15) is 56.6 Å². The number of ether oxygens (including phenoxy) is 1. The molecule has 6 rings (SSSR count). The molecule has 2 aromatic rings. The quantitative estimate of drug-likeness (QED) is 0.480. The minimum Gasteiger partial charge on any atom is -0.359 e. The molecule has 7 heteroatoms. The molecular formula is C33H39N3O4. The lowest BCUT2D eigenvalue weighted by Crippen LogP contribution is -2.58. The van der Waals surface area contributed by atoms with Crippen LogP contribution >= 0.6 is 0 Å². The van der Waals surface area contributed by atoms with Crippen LogP contribution in [0.4, 0.5) is 5.69 Å². The van der Waals surface area contributed by atoms with Crippen LogP contribution in [-0.4, -0.2) is 52.5 Å². The Morgan fingerprint density at radius 2 is 1.75 bits per heavy atom. The van der Waals surface area contributed by atoms with Crippen LogP contribution < -0.4 is 10.6 Å². The maximum Gasteiger partial charge on any atom is 0.246 e. The first kappa shape index (κ1) is 26.8. The average Bonchev–Trinajstić information content (AvgIpc) is 3.61. The van der Waals surface area contributed by atoms with Crippen LogP contribution in [0.5, 0.6) is 0 Å². The number of aryl methyl sites for hydroxylation is 2. The van der Waals surface area contributed by atoms with Gasteiger partial charge < -0.3 is 20.3 Å². The van der Waals surface area contributed by atoms with E-state index in [1.807, 2.05) is 68.5 Å². The van der Waals surface area contributed by atoms with E-state index in [-0.39, 0.29) is 29.8 Å². The lowest BCUT2D eigenvalue weighted by Gasteiger charge is -2.36. The molecule has 2 bridgehead atoms. The summed E-state index contributed by atoms with van der Waals surface area (Å²) in [7, 11) is 0. The van der Waals surface area contributed by atoms with Crippen LogP contribution in [0, 0.1) is 18.8 Å². The van der Waals surface area contributed by atoms with Crippen molar-refractivity contribution in [3.63, 3.8) is 0 Å². The first-order valence-electron chi connectivity index (χ1n) is 14.8. The van der Waals surface area contributed by atoms with Crippen LogP contribution in [0.25, 0.3) is 0 Å². The van der Waals surface area contributed by atoms with Crippen molar-refractivity contribution in [3.8, 4) is 0 Å². The highest BCUT2D eigenvalue weighted by molar-refractivity contribution is 6.03. The molecule has 6 atom stereocenters. The van der Waals surface area contributed by atoms with E-state index in [9.17, 15) is 14.4 Å². The van der Waals surface area contributed by atoms with E-state index in [1.54, 1.807) is 4.90 Å². The van der Waals surface area contributed by atoms with Gasteiger partial charge in [-0.15, -0.1) is 0 Å². The summed E-state index contributed by atoms with van der Waals surface area (Å²) in [5.74, 6) is -2.02. The second-order valence-corrected chi connectivity index (χ2v) is 12.0. The lowest BCUT2D eigenvalue weighted by atomic mass is 9.74. The highest BCUT2D eigenvalue weighted by atomic mass is 16.5. The van der Waals surface area contributed by atoms with Gasteiger partial charge in [0.2, 0.25) is 17.7 Å². The van der Waals surface area contributed by atoms with Gasteiger partial charge in [0, 0.05) is 17.8 Å². The molecule has 3 fully saturated rings. The fourth-order valence-electron chi connectivity index (χ4n) is 7.23. The zero-order valence-corrected chi connectivity index (χ0v) is 23.3. The molecule has 4 aliphatic rings. The molecular weight excluding hydrogens is 502 g/mol. The number of fused-ring (bicyclic) bond motifs is 1. The molecule has 40 heavy (non-hydrogen) atoms. The Balaban J connectivity index is 1.29. The van der Waals surface area contributed by atoms with Crippen LogP contribution in [0.15, 0.2) is 66.7 Å². The number of benzene rings is 2. The first-order valence-corrected chi connectivity index (χ1v) is 14.8. The van der Waals surface area contributed by atoms with Gasteiger partial charge >= 0.3 is 0 Å². The molecule has 0 aromatic heterocycles. The Morgan fingerprint density at radius 1 is 1.02 bits per heavy atom. The van der Waals surface area contributed by atoms with Crippen LogP contribution in [0.2, 0.25) is 0 Å². The van der Waals surface area contributed by atoms with Gasteiger partial charge in [0.25, 0.3) is 0 Å². The molecule has 210 valence electrons. The first-order chi connectivity index (χ1) is 19.4. The Morgan fingerprint density at radius 3 is 2.48 bits per heavy atom. The molecule has 3 aliphatic heterocycles. The SMILES string of the molecule is Cc1ccc(NC(=O)C2C3C=CC4(O3)C2C(=O)N(C(C)CCc2ccccc2)C4C(=O)NC2CCCCC2)cc1. The minimum atomic E-state index is -1.14. The molecule has 2 aromatic carbocycles. The van der Waals surface area contributed by atoms with Crippen molar-refractivity contribution in [2.75, 3.05) is 5.32 Å². The van der Waals surface area contributed by atoms with E-state index in [0.717, 1.165) is 37.7 Å². The second kappa shape index (κ2) is 10.8. The van der Waals surface area contributed by atoms with Gasteiger partial charge in [-0.25, -0.2) is 0 Å². The molecule has 1 saturated carbocycles. The van der Waals surface area contributed by atoms with E-state index in [0.29, 0.717) is 12.1 Å². The molecule has 3 amide bonds. The summed E-state index contributed by atoms with van der Waals surface area (Å²) in [5.41, 5.74) is 1.83. The lowest BCUT2D eigenvalue weighted by molar-refractivity contribution is -0.143. The Kier molecular flexibility index (Phi) is 7.26. The van der Waals surface area contributed by atoms with Crippen LogP contribution in [-0.2, 0) is 25.5 Å². The summed E-state index contributed by atoms with van der Waals surface area (Å²) in [6, 6.07) is 16.9. The van der Waals surface area contributed by atoms with Crippen molar-refractivity contribution in [2.45, 2.75) is 88.6 Å². The van der Waals surface area contributed by atoms with Gasteiger partial charge in [-0.05, 0) is 57.2 Å². The number of hydrogen-bond donors (Lipinski definition) is 2. The molecule has 2 saturated heterocycles. The van der Waals surface area contributed by atoms with Crippen molar-refractivity contribution in [1.82, 2.24) is 10.2 Å². The zero-order valence-electron chi connectivity index (χ0n) is 23.3. The van der Waals surface area contributed by atoms with Gasteiger partial charge in [0.1, 0.15) is 11.6 Å². The Bertz CT molecular complexity index is 1290. The average molecular weight is 542 g/mol. The summed E-state index contributed by atoms with van der Waals surface area (Å²) in [6.45, 7) is 4.00. The number of nitrogens with one attached hydrogen (secondary N) is 2. The maximum absolute atomic E-state index is 14.3. The predicted octanol–water partition coefficient (Wildman–Crippen LogP) is 4.55. The third-order valence-electron chi connectivity index (χ3n) is 9.30. The van der Waals surface area contributed by atoms with E-state index < -0.39 is 29.6 Å². The number of nitrogens with zero attached hydrogens (tertiary/aromatic N) is 1. The number of hydrogen-bond acceptors (Lipinski definition) is 4. The monoisotopic (exact) mass is 541 g/mol. The molecule has 2 N–H and O–H groups in total. The number of anilines is 1. The topological polar surface area (TPSA) is 87.7 Å². The largest absolute Gasteiger partial charge is 0.359 e. The van der Waals surface area contributed by atoms with E-state index >= 15 is 0 Å². The standard InChI is InChI=1S/C33H39N3O4/c1-21-13-17-25(18-14-21)34-30(37)27-26-19-20-33(40-26)28(27)32(39)36(22(2)15-16-23-9-5-3-6-10-23)29(33)31(38)35-24-11-7-4-8-12-24/h3,5-6,9-10,13-14,17-20,22,24,26-29H,4,7-8,11-12,15-16H2,1-2H3,(H,34,37)(H,35,38). The van der Waals surface area contributed by atoms with E-state index in [1.165, 1.54) is 12.0 Å². The van der Waals surface area contributed by atoms with E-state index in [2.05, 4.69) is 22.8 Å². The fraction of sp³-hybridized carbons (Fsp3) is 0.485. The highest BCUT2D eigenvalue weighted by Crippen LogP contribution is 2.56.